The van der Waals surface area contributed by atoms with E-state index >= 15 is 0 Å². The van der Waals surface area contributed by atoms with E-state index in [1.165, 1.54) is 0 Å². The average molecular weight is 186 g/mol. The second-order valence-corrected chi connectivity index (χ2v) is 4.24. The molecular weight excluding hydrogens is 168 g/mol. The highest BCUT2D eigenvalue weighted by molar-refractivity contribution is 5.07. The van der Waals surface area contributed by atoms with Crippen LogP contribution in [0.2, 0.25) is 0 Å². The zero-order valence-electron chi connectivity index (χ0n) is 7.88. The highest BCUT2D eigenvalue weighted by Gasteiger charge is 2.50. The number of nitrogens with two attached hydrogens (primary N) is 1. The van der Waals surface area contributed by atoms with Gasteiger partial charge in [-0.05, 0) is 32.4 Å². The van der Waals surface area contributed by atoms with Crippen LogP contribution in [0.15, 0.2) is 0 Å². The van der Waals surface area contributed by atoms with Gasteiger partial charge in [-0.3, -0.25) is 0 Å². The van der Waals surface area contributed by atoms with Crippen molar-refractivity contribution in [1.29, 1.82) is 0 Å². The third-order valence-corrected chi connectivity index (χ3v) is 3.41. The van der Waals surface area contributed by atoms with Gasteiger partial charge in [-0.1, -0.05) is 0 Å². The Balaban J connectivity index is 2.11. The summed E-state index contributed by atoms with van der Waals surface area (Å²) in [6, 6.07) is 0. The first kappa shape index (κ1) is 9.40. The van der Waals surface area contributed by atoms with Crippen molar-refractivity contribution in [3.05, 3.63) is 0 Å². The van der Waals surface area contributed by atoms with Gasteiger partial charge in [0.1, 0.15) is 0 Å². The fourth-order valence-electron chi connectivity index (χ4n) is 2.29. The van der Waals surface area contributed by atoms with E-state index in [1.54, 1.807) is 0 Å². The Bertz CT molecular complexity index is 184. The maximum atomic E-state index is 10.4. The predicted molar refractivity (Wildman–Crippen MR) is 49.4 cm³/mol. The minimum atomic E-state index is -0.714. The molecule has 2 rings (SSSR count). The maximum absolute atomic E-state index is 10.4. The third kappa shape index (κ3) is 1.48. The summed E-state index contributed by atoms with van der Waals surface area (Å²) in [7, 11) is 0. The van der Waals surface area contributed by atoms with Crippen LogP contribution in [0.4, 0.5) is 0 Å². The van der Waals surface area contributed by atoms with Gasteiger partial charge in [-0.25, -0.2) is 0 Å². The van der Waals surface area contributed by atoms with Crippen LogP contribution < -0.4 is 11.1 Å². The highest BCUT2D eigenvalue weighted by atomic mass is 16.5. The molecule has 4 heteroatoms. The van der Waals surface area contributed by atoms with Gasteiger partial charge in [-0.2, -0.15) is 0 Å². The number of ether oxygens (including phenoxy) is 1. The molecule has 2 heterocycles. The first-order chi connectivity index (χ1) is 6.16. The summed E-state index contributed by atoms with van der Waals surface area (Å²) in [5.74, 6) is 0. The van der Waals surface area contributed by atoms with Crippen LogP contribution in [0, 0.1) is 0 Å². The van der Waals surface area contributed by atoms with Crippen molar-refractivity contribution in [3.63, 3.8) is 0 Å². The van der Waals surface area contributed by atoms with E-state index in [0.29, 0.717) is 13.2 Å². The van der Waals surface area contributed by atoms with Gasteiger partial charge in [0.2, 0.25) is 0 Å². The molecule has 0 bridgehead atoms. The van der Waals surface area contributed by atoms with Crippen molar-refractivity contribution in [1.82, 2.24) is 5.32 Å². The number of nitrogens with one attached hydrogen (secondary N) is 1. The highest BCUT2D eigenvalue weighted by Crippen LogP contribution is 2.34. The molecule has 2 saturated heterocycles. The molecule has 2 fully saturated rings. The lowest BCUT2D eigenvalue weighted by Gasteiger charge is -2.44. The van der Waals surface area contributed by atoms with Crippen molar-refractivity contribution in [2.24, 2.45) is 5.73 Å². The minimum Gasteiger partial charge on any atom is -0.388 e. The molecule has 4 N–H and O–H groups in total. The Morgan fingerprint density at radius 3 is 2.46 bits per heavy atom. The quantitative estimate of drug-likeness (QED) is 0.502. The largest absolute Gasteiger partial charge is 0.388 e. The molecule has 0 aromatic carbocycles. The van der Waals surface area contributed by atoms with E-state index in [4.69, 9.17) is 10.5 Å². The molecule has 1 atom stereocenters. The van der Waals surface area contributed by atoms with Crippen LogP contribution in [0.1, 0.15) is 19.3 Å². The first-order valence-electron chi connectivity index (χ1n) is 4.96. The van der Waals surface area contributed by atoms with Crippen LogP contribution in [0.25, 0.3) is 0 Å². The number of rotatable bonds is 1. The summed E-state index contributed by atoms with van der Waals surface area (Å²) < 4.78 is 5.27. The lowest BCUT2D eigenvalue weighted by Crippen LogP contribution is -2.64. The van der Waals surface area contributed by atoms with Crippen molar-refractivity contribution < 1.29 is 9.84 Å². The Hall–Kier alpha value is -0.160. The summed E-state index contributed by atoms with van der Waals surface area (Å²) in [4.78, 5) is 0. The SMILES string of the molecule is NC1(C2(O)CCNCC2)CCOC1. The molecule has 4 nitrogen and oxygen atoms in total. The molecule has 2 aliphatic rings. The van der Waals surface area contributed by atoms with Crippen LogP contribution in [0.3, 0.4) is 0 Å². The average Bonchev–Trinajstić information content (AvgIpc) is 2.55. The number of aliphatic hydroxyl groups is 1. The van der Waals surface area contributed by atoms with Gasteiger partial charge in [0.25, 0.3) is 0 Å². The van der Waals surface area contributed by atoms with E-state index in [9.17, 15) is 5.11 Å². The smallest absolute Gasteiger partial charge is 0.0873 e. The Kier molecular flexibility index (Phi) is 2.32. The lowest BCUT2D eigenvalue weighted by molar-refractivity contribution is -0.0611. The van der Waals surface area contributed by atoms with Crippen molar-refractivity contribution >= 4 is 0 Å². The Labute approximate surface area is 78.4 Å². The molecule has 0 aromatic heterocycles. The molecule has 76 valence electrons. The number of hydrogen-bond acceptors (Lipinski definition) is 4. The second kappa shape index (κ2) is 3.20. The third-order valence-electron chi connectivity index (χ3n) is 3.41. The molecule has 0 aromatic rings. The van der Waals surface area contributed by atoms with Crippen LogP contribution in [-0.2, 0) is 4.74 Å². The minimum absolute atomic E-state index is 0.503. The molecule has 0 spiro atoms. The molecule has 2 aliphatic heterocycles. The summed E-state index contributed by atoms with van der Waals surface area (Å²) in [6.45, 7) is 2.90. The van der Waals surface area contributed by atoms with Gasteiger partial charge in [-0.15, -0.1) is 0 Å². The van der Waals surface area contributed by atoms with Crippen molar-refractivity contribution in [2.45, 2.75) is 30.4 Å². The van der Waals surface area contributed by atoms with Gasteiger partial charge < -0.3 is 20.9 Å². The summed E-state index contributed by atoms with van der Waals surface area (Å²) in [5.41, 5.74) is 4.95. The molecule has 0 saturated carbocycles. The normalized spacial score (nSPS) is 39.2. The Morgan fingerprint density at radius 1 is 1.23 bits per heavy atom. The van der Waals surface area contributed by atoms with Gasteiger partial charge >= 0.3 is 0 Å². The van der Waals surface area contributed by atoms with Gasteiger partial charge in [0.05, 0.1) is 17.7 Å². The van der Waals surface area contributed by atoms with E-state index in [2.05, 4.69) is 5.32 Å². The lowest BCUT2D eigenvalue weighted by atomic mass is 9.74. The summed E-state index contributed by atoms with van der Waals surface area (Å²) in [6.07, 6.45) is 2.27. The first-order valence-corrected chi connectivity index (χ1v) is 4.96. The molecule has 13 heavy (non-hydrogen) atoms. The van der Waals surface area contributed by atoms with Gasteiger partial charge in [0, 0.05) is 6.61 Å². The molecule has 1 unspecified atom stereocenters. The zero-order valence-corrected chi connectivity index (χ0v) is 7.88. The predicted octanol–water partition coefficient (Wildman–Crippen LogP) is -0.781. The molecule has 0 aliphatic carbocycles. The van der Waals surface area contributed by atoms with E-state index in [1.807, 2.05) is 0 Å². The number of hydrogen-bond donors (Lipinski definition) is 3. The van der Waals surface area contributed by atoms with E-state index in [0.717, 1.165) is 32.4 Å². The fraction of sp³-hybridized carbons (Fsp3) is 1.00. The van der Waals surface area contributed by atoms with Crippen LogP contribution in [0.5, 0.6) is 0 Å². The standard InChI is InChI=1S/C9H18N2O2/c10-8(3-6-13-7-8)9(12)1-4-11-5-2-9/h11-12H,1-7,10H2. The van der Waals surface area contributed by atoms with Crippen LogP contribution >= 0.6 is 0 Å². The topological polar surface area (TPSA) is 67.5 Å². The summed E-state index contributed by atoms with van der Waals surface area (Å²) in [5, 5.41) is 13.6. The molecule has 0 radical (unpaired) electrons. The summed E-state index contributed by atoms with van der Waals surface area (Å²) >= 11 is 0. The monoisotopic (exact) mass is 186 g/mol. The van der Waals surface area contributed by atoms with E-state index < -0.39 is 11.1 Å². The number of piperidine rings is 1. The van der Waals surface area contributed by atoms with E-state index in [-0.39, 0.29) is 0 Å². The maximum Gasteiger partial charge on any atom is 0.0873 e. The van der Waals surface area contributed by atoms with Crippen LogP contribution in [-0.4, -0.2) is 42.5 Å². The Morgan fingerprint density at radius 2 is 1.92 bits per heavy atom. The fourth-order valence-corrected chi connectivity index (χ4v) is 2.29. The van der Waals surface area contributed by atoms with Crippen molar-refractivity contribution in [3.8, 4) is 0 Å². The second-order valence-electron chi connectivity index (χ2n) is 4.24. The molecular formula is C9H18N2O2. The molecule has 0 amide bonds. The van der Waals surface area contributed by atoms with Crippen molar-refractivity contribution in [2.75, 3.05) is 26.3 Å². The zero-order chi connectivity index (χ0) is 9.36. The van der Waals surface area contributed by atoms with Gasteiger partial charge in [0.15, 0.2) is 0 Å².